The number of halogens is 3. The van der Waals surface area contributed by atoms with Gasteiger partial charge in [-0.3, -0.25) is 14.5 Å². The van der Waals surface area contributed by atoms with Crippen LogP contribution >= 0.6 is 35.3 Å². The van der Waals surface area contributed by atoms with Gasteiger partial charge in [0.25, 0.3) is 5.91 Å². The molecule has 1 saturated heterocycles. The average Bonchev–Trinajstić information content (AvgIpc) is 3.31. The number of aryl methyl sites for hydroxylation is 1. The molecule has 31 heavy (non-hydrogen) atoms. The van der Waals surface area contributed by atoms with E-state index >= 15 is 0 Å². The maximum Gasteiger partial charge on any atom is 0.445 e. The highest BCUT2D eigenvalue weighted by atomic mass is 32.2. The summed E-state index contributed by atoms with van der Waals surface area (Å²) in [4.78, 5) is 29.0. The van der Waals surface area contributed by atoms with Gasteiger partial charge in [-0.15, -0.1) is 5.10 Å². The number of imidazole rings is 1. The summed E-state index contributed by atoms with van der Waals surface area (Å²) in [5, 5.41) is 11.6. The predicted octanol–water partition coefficient (Wildman–Crippen LogP) is 4.07. The van der Waals surface area contributed by atoms with Gasteiger partial charge >= 0.3 is 12.1 Å². The molecule has 0 radical (unpaired) electrons. The molecule has 0 aliphatic carbocycles. The third kappa shape index (κ3) is 3.95. The molecular formula is C18H11F3N4O3S3. The first-order valence-corrected chi connectivity index (χ1v) is 10.6. The van der Waals surface area contributed by atoms with Crippen LogP contribution in [0.15, 0.2) is 29.2 Å². The molecule has 0 unspecified atom stereocenters. The number of fused-ring (bicyclic) bond motifs is 1. The Hall–Kier alpha value is -2.77. The van der Waals surface area contributed by atoms with Crippen molar-refractivity contribution in [2.75, 3.05) is 6.54 Å². The summed E-state index contributed by atoms with van der Waals surface area (Å²) in [5.74, 6) is -1.88. The number of nitrogens with zero attached hydrogens (tertiary/aromatic N) is 4. The van der Waals surface area contributed by atoms with Crippen LogP contribution in [-0.2, 0) is 15.8 Å². The highest BCUT2D eigenvalue weighted by Crippen LogP contribution is 2.38. The van der Waals surface area contributed by atoms with Gasteiger partial charge < -0.3 is 5.11 Å². The number of thiocarbonyl (C=S) groups is 1. The van der Waals surface area contributed by atoms with Crippen LogP contribution in [0.1, 0.15) is 16.3 Å². The summed E-state index contributed by atoms with van der Waals surface area (Å²) in [5.41, 5.74) is 2.03. The van der Waals surface area contributed by atoms with E-state index in [4.69, 9.17) is 17.3 Å². The number of carboxylic acids is 1. The maximum absolute atomic E-state index is 13.2. The number of rotatable bonds is 4. The van der Waals surface area contributed by atoms with E-state index in [1.54, 1.807) is 12.1 Å². The highest BCUT2D eigenvalue weighted by molar-refractivity contribution is 8.26. The van der Waals surface area contributed by atoms with Crippen LogP contribution < -0.4 is 0 Å². The van der Waals surface area contributed by atoms with Gasteiger partial charge in [-0.2, -0.15) is 13.2 Å². The van der Waals surface area contributed by atoms with E-state index < -0.39 is 29.6 Å². The Bertz CT molecular complexity index is 1280. The number of carbonyl (C=O) groups is 2. The molecule has 0 bridgehead atoms. The van der Waals surface area contributed by atoms with E-state index in [1.807, 2.05) is 19.1 Å². The number of aliphatic carboxylic acids is 1. The fourth-order valence-electron chi connectivity index (χ4n) is 2.94. The number of carboxylic acid groups (broad SMARTS) is 1. The Balaban J connectivity index is 1.90. The van der Waals surface area contributed by atoms with Gasteiger partial charge in [0.2, 0.25) is 9.97 Å². The smallest absolute Gasteiger partial charge is 0.445 e. The maximum atomic E-state index is 13.2. The van der Waals surface area contributed by atoms with Gasteiger partial charge in [-0.1, -0.05) is 59.6 Å². The largest absolute Gasteiger partial charge is 0.480 e. The normalized spacial score (nSPS) is 16.1. The second-order valence-electron chi connectivity index (χ2n) is 6.42. The standard InChI is InChI=1S/C18H11F3N4O3S3/c1-8-4-2-3-5-9(8)13-10(25-16(22-13)31-15(23-25)18(19,20)21)6-11-14(28)24(7-12(26)27)17(29)30-11/h2-6H,7H2,1H3,(H,26,27)/b11-6-. The molecule has 1 amide bonds. The summed E-state index contributed by atoms with van der Waals surface area (Å²) < 4.78 is 40.6. The van der Waals surface area contributed by atoms with Gasteiger partial charge in [-0.05, 0) is 18.6 Å². The van der Waals surface area contributed by atoms with Crippen molar-refractivity contribution < 1.29 is 27.9 Å². The Labute approximate surface area is 186 Å². The molecule has 160 valence electrons. The molecule has 3 heterocycles. The topological polar surface area (TPSA) is 87.8 Å². The number of amides is 1. The molecule has 0 saturated carbocycles. The zero-order valence-corrected chi connectivity index (χ0v) is 18.0. The molecule has 13 heteroatoms. The second-order valence-corrected chi connectivity index (χ2v) is 9.05. The molecule has 7 nitrogen and oxygen atoms in total. The minimum atomic E-state index is -4.64. The van der Waals surface area contributed by atoms with Crippen molar-refractivity contribution in [1.82, 2.24) is 19.5 Å². The van der Waals surface area contributed by atoms with Crippen LogP contribution in [0.25, 0.3) is 22.3 Å². The Morgan fingerprint density at radius 2 is 2.03 bits per heavy atom. The molecular weight excluding hydrogens is 473 g/mol. The van der Waals surface area contributed by atoms with Crippen LogP contribution in [0.3, 0.4) is 0 Å². The first-order valence-electron chi connectivity index (χ1n) is 8.56. The van der Waals surface area contributed by atoms with E-state index in [1.165, 1.54) is 6.08 Å². The van der Waals surface area contributed by atoms with Crippen LogP contribution in [0.5, 0.6) is 0 Å². The molecule has 1 fully saturated rings. The number of carbonyl (C=O) groups excluding carboxylic acids is 1. The SMILES string of the molecule is Cc1ccccc1-c1nc2sc(C(F)(F)F)nn2c1/C=C1\SC(=S)N(CC(=O)O)C1=O. The van der Waals surface area contributed by atoms with E-state index in [0.717, 1.165) is 26.7 Å². The summed E-state index contributed by atoms with van der Waals surface area (Å²) in [6, 6.07) is 7.17. The minimum Gasteiger partial charge on any atom is -0.480 e. The van der Waals surface area contributed by atoms with Crippen molar-refractivity contribution >= 4 is 62.6 Å². The molecule has 0 atom stereocenters. The Kier molecular flexibility index (Phi) is 5.35. The molecule has 3 aromatic rings. The summed E-state index contributed by atoms with van der Waals surface area (Å²) >= 11 is 6.34. The number of hydrogen-bond donors (Lipinski definition) is 1. The van der Waals surface area contributed by atoms with Crippen LogP contribution in [0.4, 0.5) is 13.2 Å². The fourth-order valence-corrected chi connectivity index (χ4v) is 4.94. The van der Waals surface area contributed by atoms with Gasteiger partial charge in [-0.25, -0.2) is 9.50 Å². The monoisotopic (exact) mass is 484 g/mol. The van der Waals surface area contributed by atoms with Gasteiger partial charge in [0, 0.05) is 5.56 Å². The van der Waals surface area contributed by atoms with Crippen molar-refractivity contribution in [3.8, 4) is 11.3 Å². The summed E-state index contributed by atoms with van der Waals surface area (Å²) in [6.07, 6.45) is -3.29. The summed E-state index contributed by atoms with van der Waals surface area (Å²) in [7, 11) is 0. The lowest BCUT2D eigenvalue weighted by molar-refractivity contribution is -0.140. The van der Waals surface area contributed by atoms with Crippen molar-refractivity contribution in [2.45, 2.75) is 13.1 Å². The van der Waals surface area contributed by atoms with Crippen molar-refractivity contribution in [1.29, 1.82) is 0 Å². The third-order valence-corrected chi connectivity index (χ3v) is 6.65. The lowest BCUT2D eigenvalue weighted by Crippen LogP contribution is -2.33. The van der Waals surface area contributed by atoms with Gasteiger partial charge in [0.15, 0.2) is 0 Å². The van der Waals surface area contributed by atoms with Crippen molar-refractivity contribution in [3.63, 3.8) is 0 Å². The summed E-state index contributed by atoms with van der Waals surface area (Å²) in [6.45, 7) is 1.22. The quantitative estimate of drug-likeness (QED) is 0.441. The minimum absolute atomic E-state index is 0.0119. The molecule has 0 spiro atoms. The first-order chi connectivity index (χ1) is 14.6. The van der Waals surface area contributed by atoms with E-state index in [-0.39, 0.29) is 19.9 Å². The van der Waals surface area contributed by atoms with Crippen LogP contribution in [0, 0.1) is 6.92 Å². The van der Waals surface area contributed by atoms with E-state index in [0.29, 0.717) is 22.6 Å². The lowest BCUT2D eigenvalue weighted by atomic mass is 10.0. The lowest BCUT2D eigenvalue weighted by Gasteiger charge is -2.10. The molecule has 1 aromatic carbocycles. The molecule has 2 aromatic heterocycles. The molecule has 1 N–H and O–H groups in total. The van der Waals surface area contributed by atoms with Gasteiger partial charge in [0.1, 0.15) is 10.9 Å². The Morgan fingerprint density at radius 3 is 2.68 bits per heavy atom. The number of hydrogen-bond acceptors (Lipinski definition) is 7. The van der Waals surface area contributed by atoms with Gasteiger partial charge in [0.05, 0.1) is 16.3 Å². The Morgan fingerprint density at radius 1 is 1.32 bits per heavy atom. The first kappa shape index (κ1) is 21.5. The van der Waals surface area contributed by atoms with Crippen LogP contribution in [0.2, 0.25) is 0 Å². The molecule has 1 aliphatic heterocycles. The number of alkyl halides is 3. The van der Waals surface area contributed by atoms with E-state index in [9.17, 15) is 22.8 Å². The second kappa shape index (κ2) is 7.73. The zero-order valence-electron chi connectivity index (χ0n) is 15.5. The zero-order chi connectivity index (χ0) is 22.5. The highest BCUT2D eigenvalue weighted by Gasteiger charge is 2.37. The average molecular weight is 485 g/mol. The molecule has 4 rings (SSSR count). The van der Waals surface area contributed by atoms with Crippen LogP contribution in [-0.4, -0.2) is 47.3 Å². The predicted molar refractivity (Wildman–Crippen MR) is 114 cm³/mol. The fraction of sp³-hybridized carbons (Fsp3) is 0.167. The number of thioether (sulfide) groups is 1. The third-order valence-electron chi connectivity index (χ3n) is 4.32. The van der Waals surface area contributed by atoms with E-state index in [2.05, 4.69) is 10.1 Å². The molecule has 1 aliphatic rings. The number of benzene rings is 1. The van der Waals surface area contributed by atoms with Crippen molar-refractivity contribution in [3.05, 3.63) is 45.4 Å². The number of aromatic nitrogens is 3. The van der Waals surface area contributed by atoms with Crippen molar-refractivity contribution in [2.24, 2.45) is 0 Å².